The van der Waals surface area contributed by atoms with Crippen LogP contribution in [0.15, 0.2) is 22.6 Å². The summed E-state index contributed by atoms with van der Waals surface area (Å²) in [6.45, 7) is 1.79. The molecule has 6 nitrogen and oxygen atoms in total. The van der Waals surface area contributed by atoms with Crippen LogP contribution >= 0.6 is 0 Å². The number of nitrogens with one attached hydrogen (secondary N) is 1. The maximum Gasteiger partial charge on any atom is 0.331 e. The molecule has 2 N–H and O–H groups in total. The first-order chi connectivity index (χ1) is 10.4. The van der Waals surface area contributed by atoms with E-state index in [1.165, 1.54) is 18.2 Å². The van der Waals surface area contributed by atoms with Gasteiger partial charge in [0.15, 0.2) is 11.3 Å². The molecule has 7 heteroatoms. The number of furan rings is 1. The summed E-state index contributed by atoms with van der Waals surface area (Å²) in [6.07, 6.45) is 0.183. The number of halogens is 1. The van der Waals surface area contributed by atoms with Gasteiger partial charge in [0.05, 0.1) is 6.61 Å². The molecule has 0 saturated carbocycles. The van der Waals surface area contributed by atoms with Gasteiger partial charge in [0.25, 0.3) is 5.91 Å². The Hall–Kier alpha value is -2.41. The molecule has 1 aromatic heterocycles. The molecule has 0 spiro atoms. The summed E-state index contributed by atoms with van der Waals surface area (Å²) < 4.78 is 23.8. The second-order valence-electron chi connectivity index (χ2n) is 5.34. The number of carbonyl (C=O) groups excluding carboxylic acids is 1. The van der Waals surface area contributed by atoms with Gasteiger partial charge in [-0.1, -0.05) is 0 Å². The molecule has 1 atom stereocenters. The Kier molecular flexibility index (Phi) is 3.37. The Bertz CT molecular complexity index is 761. The van der Waals surface area contributed by atoms with E-state index in [4.69, 9.17) is 9.15 Å². The van der Waals surface area contributed by atoms with Gasteiger partial charge in [-0.25, -0.2) is 9.18 Å². The predicted molar refractivity (Wildman–Crippen MR) is 74.2 cm³/mol. The van der Waals surface area contributed by atoms with Crippen molar-refractivity contribution >= 4 is 22.8 Å². The Balaban J connectivity index is 1.95. The van der Waals surface area contributed by atoms with Crippen LogP contribution in [0.5, 0.6) is 0 Å². The average Bonchev–Trinajstić information content (AvgIpc) is 3.06. The molecule has 2 heterocycles. The van der Waals surface area contributed by atoms with E-state index < -0.39 is 23.2 Å². The van der Waals surface area contributed by atoms with Crippen molar-refractivity contribution in [1.82, 2.24) is 5.32 Å². The van der Waals surface area contributed by atoms with Gasteiger partial charge in [-0.3, -0.25) is 4.79 Å². The first-order valence-electron chi connectivity index (χ1n) is 6.75. The van der Waals surface area contributed by atoms with Crippen molar-refractivity contribution in [2.24, 2.45) is 0 Å². The monoisotopic (exact) mass is 307 g/mol. The first kappa shape index (κ1) is 14.5. The second kappa shape index (κ2) is 5.10. The van der Waals surface area contributed by atoms with Gasteiger partial charge >= 0.3 is 5.97 Å². The lowest BCUT2D eigenvalue weighted by molar-refractivity contribution is -0.144. The Morgan fingerprint density at radius 1 is 1.41 bits per heavy atom. The number of carboxylic acids is 1. The van der Waals surface area contributed by atoms with E-state index in [1.807, 2.05) is 0 Å². The number of fused-ring (bicyclic) bond motifs is 1. The Morgan fingerprint density at radius 2 is 2.18 bits per heavy atom. The van der Waals surface area contributed by atoms with Crippen LogP contribution in [0.25, 0.3) is 11.0 Å². The normalized spacial score (nSPS) is 21.2. The third-order valence-corrected chi connectivity index (χ3v) is 3.89. The fraction of sp³-hybridized carbons (Fsp3) is 0.333. The van der Waals surface area contributed by atoms with Gasteiger partial charge in [0.2, 0.25) is 0 Å². The summed E-state index contributed by atoms with van der Waals surface area (Å²) >= 11 is 0. The van der Waals surface area contributed by atoms with Crippen LogP contribution in [0, 0.1) is 12.7 Å². The minimum absolute atomic E-state index is 0.0203. The molecule has 1 aromatic carbocycles. The maximum atomic E-state index is 13.3. The molecule has 0 aliphatic carbocycles. The molecule has 1 saturated heterocycles. The zero-order chi connectivity index (χ0) is 15.9. The van der Waals surface area contributed by atoms with Crippen LogP contribution in [0.2, 0.25) is 0 Å². The highest BCUT2D eigenvalue weighted by Gasteiger charge is 2.44. The van der Waals surface area contributed by atoms with E-state index in [-0.39, 0.29) is 25.4 Å². The molecule has 2 aromatic rings. The van der Waals surface area contributed by atoms with Crippen molar-refractivity contribution in [2.75, 3.05) is 13.2 Å². The lowest BCUT2D eigenvalue weighted by Crippen LogP contribution is -2.55. The van der Waals surface area contributed by atoms with Crippen molar-refractivity contribution in [3.63, 3.8) is 0 Å². The van der Waals surface area contributed by atoms with Gasteiger partial charge in [-0.05, 0) is 25.1 Å². The van der Waals surface area contributed by atoms with Crippen molar-refractivity contribution in [3.05, 3.63) is 35.3 Å². The summed E-state index contributed by atoms with van der Waals surface area (Å²) in [6, 6.07) is 3.94. The number of hydrogen-bond donors (Lipinski definition) is 2. The predicted octanol–water partition coefficient (Wildman–Crippen LogP) is 1.85. The quantitative estimate of drug-likeness (QED) is 0.903. The zero-order valence-electron chi connectivity index (χ0n) is 11.8. The van der Waals surface area contributed by atoms with Crippen molar-refractivity contribution in [3.8, 4) is 0 Å². The SMILES string of the molecule is Cc1c(C(=O)NC2(C(=O)O)CCOC2)oc2ccc(F)cc12. The van der Waals surface area contributed by atoms with Gasteiger partial charge < -0.3 is 19.6 Å². The lowest BCUT2D eigenvalue weighted by atomic mass is 9.98. The van der Waals surface area contributed by atoms with E-state index in [1.54, 1.807) is 6.92 Å². The number of hydrogen-bond acceptors (Lipinski definition) is 4. The topological polar surface area (TPSA) is 88.8 Å². The molecule has 1 aliphatic heterocycles. The highest BCUT2D eigenvalue weighted by Crippen LogP contribution is 2.27. The number of carbonyl (C=O) groups is 2. The summed E-state index contributed by atoms with van der Waals surface area (Å²) in [5.41, 5.74) is -0.615. The molecule has 1 fully saturated rings. The molecule has 1 amide bonds. The van der Waals surface area contributed by atoms with E-state index in [0.717, 1.165) is 0 Å². The van der Waals surface area contributed by atoms with E-state index >= 15 is 0 Å². The third-order valence-electron chi connectivity index (χ3n) is 3.89. The minimum atomic E-state index is -1.45. The summed E-state index contributed by atoms with van der Waals surface area (Å²) in [5, 5.41) is 12.3. The van der Waals surface area contributed by atoms with Crippen LogP contribution in [0.3, 0.4) is 0 Å². The Morgan fingerprint density at radius 3 is 2.82 bits per heavy atom. The molecule has 1 unspecified atom stereocenters. The van der Waals surface area contributed by atoms with Gasteiger partial charge in [0.1, 0.15) is 11.4 Å². The number of carboxylic acid groups (broad SMARTS) is 1. The lowest BCUT2D eigenvalue weighted by Gasteiger charge is -2.23. The van der Waals surface area contributed by atoms with Crippen LogP contribution in [-0.4, -0.2) is 35.7 Å². The van der Waals surface area contributed by atoms with E-state index in [0.29, 0.717) is 16.5 Å². The van der Waals surface area contributed by atoms with Crippen molar-refractivity contribution in [1.29, 1.82) is 0 Å². The standard InChI is InChI=1S/C15H14FNO5/c1-8-10-6-9(16)2-3-11(10)22-12(8)13(18)17-15(14(19)20)4-5-21-7-15/h2-3,6H,4-5,7H2,1H3,(H,17,18)(H,19,20). The molecule has 0 radical (unpaired) electrons. The number of rotatable bonds is 3. The smallest absolute Gasteiger partial charge is 0.331 e. The Labute approximate surface area is 124 Å². The minimum Gasteiger partial charge on any atom is -0.479 e. The van der Waals surface area contributed by atoms with Crippen molar-refractivity contribution in [2.45, 2.75) is 18.9 Å². The molecular weight excluding hydrogens is 293 g/mol. The van der Waals surface area contributed by atoms with Gasteiger partial charge in [-0.15, -0.1) is 0 Å². The van der Waals surface area contributed by atoms with Crippen LogP contribution in [0.4, 0.5) is 4.39 Å². The van der Waals surface area contributed by atoms with Crippen LogP contribution in [0.1, 0.15) is 22.5 Å². The van der Waals surface area contributed by atoms with Crippen LogP contribution in [-0.2, 0) is 9.53 Å². The first-order valence-corrected chi connectivity index (χ1v) is 6.75. The molecule has 1 aliphatic rings. The molecule has 22 heavy (non-hydrogen) atoms. The number of aryl methyl sites for hydroxylation is 1. The molecule has 116 valence electrons. The zero-order valence-corrected chi connectivity index (χ0v) is 11.8. The third kappa shape index (κ3) is 2.23. The number of aliphatic carboxylic acids is 1. The summed E-state index contributed by atoms with van der Waals surface area (Å²) in [7, 11) is 0. The number of amides is 1. The number of benzene rings is 1. The summed E-state index contributed by atoms with van der Waals surface area (Å²) in [5.74, 6) is -2.26. The van der Waals surface area contributed by atoms with E-state index in [2.05, 4.69) is 5.32 Å². The summed E-state index contributed by atoms with van der Waals surface area (Å²) in [4.78, 5) is 23.8. The molecule has 3 rings (SSSR count). The fourth-order valence-corrected chi connectivity index (χ4v) is 2.57. The van der Waals surface area contributed by atoms with Crippen molar-refractivity contribution < 1.29 is 28.2 Å². The second-order valence-corrected chi connectivity index (χ2v) is 5.34. The highest BCUT2D eigenvalue weighted by molar-refractivity contribution is 6.01. The number of ether oxygens (including phenoxy) is 1. The molecular formula is C15H14FNO5. The largest absolute Gasteiger partial charge is 0.479 e. The average molecular weight is 307 g/mol. The maximum absolute atomic E-state index is 13.3. The van der Waals surface area contributed by atoms with Gasteiger partial charge in [-0.2, -0.15) is 0 Å². The van der Waals surface area contributed by atoms with Crippen LogP contribution < -0.4 is 5.32 Å². The fourth-order valence-electron chi connectivity index (χ4n) is 2.57. The van der Waals surface area contributed by atoms with Gasteiger partial charge in [0, 0.05) is 24.0 Å². The highest BCUT2D eigenvalue weighted by atomic mass is 19.1. The van der Waals surface area contributed by atoms with E-state index in [9.17, 15) is 19.1 Å². The molecule has 0 bridgehead atoms.